The predicted molar refractivity (Wildman–Crippen MR) is 77.0 cm³/mol. The van der Waals surface area contributed by atoms with E-state index in [1.54, 1.807) is 0 Å². The third kappa shape index (κ3) is 4.19. The molecule has 0 atom stereocenters. The molecule has 0 unspecified atom stereocenters. The quantitative estimate of drug-likeness (QED) is 0.693. The van der Waals surface area contributed by atoms with Gasteiger partial charge in [-0.15, -0.1) is 0 Å². The summed E-state index contributed by atoms with van der Waals surface area (Å²) in [4.78, 5) is 12.7. The van der Waals surface area contributed by atoms with Gasteiger partial charge in [-0.25, -0.2) is 0 Å². The fourth-order valence-corrected chi connectivity index (χ4v) is 2.04. The molecular weight excluding hydrogens is 258 g/mol. The smallest absolute Gasteiger partial charge is 0.323 e. The van der Waals surface area contributed by atoms with Crippen molar-refractivity contribution in [3.05, 3.63) is 0 Å². The van der Waals surface area contributed by atoms with E-state index in [1.165, 1.54) is 0 Å². The molecule has 1 aliphatic rings. The maximum Gasteiger partial charge on any atom is 0.323 e. The van der Waals surface area contributed by atoms with E-state index in [-0.39, 0.29) is 12.2 Å². The normalized spacial score (nSPS) is 21.4. The van der Waals surface area contributed by atoms with Crippen LogP contribution in [0.4, 0.5) is 11.9 Å². The minimum atomic E-state index is -0.141. The second kappa shape index (κ2) is 6.69. The van der Waals surface area contributed by atoms with Crippen LogP contribution in [0, 0.1) is 5.92 Å². The SMILES string of the molecule is CCNc1nc(NCC2CC(O)C2)nc(OC(C)C)n1. The van der Waals surface area contributed by atoms with Crippen LogP contribution in [-0.4, -0.2) is 45.4 Å². The zero-order valence-corrected chi connectivity index (χ0v) is 12.3. The highest BCUT2D eigenvalue weighted by Gasteiger charge is 2.26. The van der Waals surface area contributed by atoms with Gasteiger partial charge in [0.1, 0.15) is 0 Å². The van der Waals surface area contributed by atoms with Crippen LogP contribution in [0.3, 0.4) is 0 Å². The molecular formula is C13H23N5O2. The summed E-state index contributed by atoms with van der Waals surface area (Å²) in [5.74, 6) is 1.50. The van der Waals surface area contributed by atoms with E-state index in [0.717, 1.165) is 25.9 Å². The Kier molecular flexibility index (Phi) is 4.94. The second-order valence-corrected chi connectivity index (χ2v) is 5.33. The first kappa shape index (κ1) is 14.8. The van der Waals surface area contributed by atoms with Crippen LogP contribution in [0.2, 0.25) is 0 Å². The topological polar surface area (TPSA) is 92.2 Å². The lowest BCUT2D eigenvalue weighted by atomic mass is 9.82. The standard InChI is InChI=1S/C13H23N5O2/c1-4-14-11-16-12(15-7-9-5-10(19)6-9)18-13(17-11)20-8(2)3/h8-10,19H,4-7H2,1-3H3,(H2,14,15,16,17,18). The average molecular weight is 281 g/mol. The number of nitrogens with zero attached hydrogens (tertiary/aromatic N) is 3. The summed E-state index contributed by atoms with van der Waals surface area (Å²) >= 11 is 0. The molecule has 20 heavy (non-hydrogen) atoms. The van der Waals surface area contributed by atoms with Gasteiger partial charge in [0, 0.05) is 13.1 Å². The number of aromatic nitrogens is 3. The van der Waals surface area contributed by atoms with E-state index in [1.807, 2.05) is 20.8 Å². The highest BCUT2D eigenvalue weighted by atomic mass is 16.5. The van der Waals surface area contributed by atoms with Crippen LogP contribution >= 0.6 is 0 Å². The number of aliphatic hydroxyl groups excluding tert-OH is 1. The first-order chi connectivity index (χ1) is 9.56. The van der Waals surface area contributed by atoms with Gasteiger partial charge in [-0.1, -0.05) is 0 Å². The Hall–Kier alpha value is -1.63. The van der Waals surface area contributed by atoms with Gasteiger partial charge < -0.3 is 20.5 Å². The van der Waals surface area contributed by atoms with Gasteiger partial charge in [0.25, 0.3) is 0 Å². The van der Waals surface area contributed by atoms with E-state index in [9.17, 15) is 5.11 Å². The third-order valence-electron chi connectivity index (χ3n) is 3.05. The Labute approximate surface area is 119 Å². The van der Waals surface area contributed by atoms with Gasteiger partial charge in [-0.2, -0.15) is 15.0 Å². The summed E-state index contributed by atoms with van der Waals surface area (Å²) in [5, 5.41) is 15.5. The summed E-state index contributed by atoms with van der Waals surface area (Å²) in [6.45, 7) is 7.34. The maximum atomic E-state index is 9.27. The number of aliphatic hydroxyl groups is 1. The molecule has 1 heterocycles. The van der Waals surface area contributed by atoms with Gasteiger partial charge in [0.05, 0.1) is 12.2 Å². The van der Waals surface area contributed by atoms with Crippen LogP contribution in [0.25, 0.3) is 0 Å². The van der Waals surface area contributed by atoms with Gasteiger partial charge in [-0.3, -0.25) is 0 Å². The molecule has 1 aliphatic carbocycles. The first-order valence-corrected chi connectivity index (χ1v) is 7.15. The third-order valence-corrected chi connectivity index (χ3v) is 3.05. The van der Waals surface area contributed by atoms with Gasteiger partial charge in [-0.05, 0) is 39.5 Å². The number of anilines is 2. The van der Waals surface area contributed by atoms with Gasteiger partial charge in [0.2, 0.25) is 11.9 Å². The van der Waals surface area contributed by atoms with E-state index < -0.39 is 0 Å². The molecule has 1 fully saturated rings. The summed E-state index contributed by atoms with van der Waals surface area (Å²) in [6, 6.07) is 0.321. The largest absolute Gasteiger partial charge is 0.461 e. The molecule has 7 heteroatoms. The molecule has 0 spiro atoms. The van der Waals surface area contributed by atoms with Gasteiger partial charge >= 0.3 is 6.01 Å². The molecule has 0 aromatic carbocycles. The van der Waals surface area contributed by atoms with Crippen molar-refractivity contribution >= 4 is 11.9 Å². The van der Waals surface area contributed by atoms with Crippen molar-refractivity contribution in [2.24, 2.45) is 5.92 Å². The summed E-state index contributed by atoms with van der Waals surface area (Å²) in [5.41, 5.74) is 0. The molecule has 0 aliphatic heterocycles. The molecule has 0 radical (unpaired) electrons. The first-order valence-electron chi connectivity index (χ1n) is 7.15. The number of nitrogens with one attached hydrogen (secondary N) is 2. The van der Waals surface area contributed by atoms with Crippen LogP contribution in [0.1, 0.15) is 33.6 Å². The Morgan fingerprint density at radius 3 is 2.40 bits per heavy atom. The van der Waals surface area contributed by atoms with Crippen LogP contribution in [-0.2, 0) is 0 Å². The van der Waals surface area contributed by atoms with Crippen molar-refractivity contribution in [1.82, 2.24) is 15.0 Å². The van der Waals surface area contributed by atoms with Crippen molar-refractivity contribution in [2.45, 2.75) is 45.8 Å². The Balaban J connectivity index is 1.99. The fourth-order valence-electron chi connectivity index (χ4n) is 2.04. The average Bonchev–Trinajstić information content (AvgIpc) is 2.32. The van der Waals surface area contributed by atoms with Crippen molar-refractivity contribution in [3.8, 4) is 6.01 Å². The molecule has 7 nitrogen and oxygen atoms in total. The Morgan fingerprint density at radius 1 is 1.20 bits per heavy atom. The lowest BCUT2D eigenvalue weighted by Gasteiger charge is -2.31. The zero-order chi connectivity index (χ0) is 14.5. The number of hydrogen-bond donors (Lipinski definition) is 3. The minimum absolute atomic E-state index is 0.0153. The van der Waals surface area contributed by atoms with Crippen LogP contribution < -0.4 is 15.4 Å². The molecule has 1 aromatic rings. The lowest BCUT2D eigenvalue weighted by molar-refractivity contribution is 0.0486. The van der Waals surface area contributed by atoms with Crippen LogP contribution in [0.15, 0.2) is 0 Å². The molecule has 1 saturated carbocycles. The number of ether oxygens (including phenoxy) is 1. The molecule has 0 bridgehead atoms. The highest BCUT2D eigenvalue weighted by Crippen LogP contribution is 2.27. The summed E-state index contributed by atoms with van der Waals surface area (Å²) in [7, 11) is 0. The maximum absolute atomic E-state index is 9.27. The van der Waals surface area contributed by atoms with Crippen molar-refractivity contribution < 1.29 is 9.84 Å². The molecule has 3 N–H and O–H groups in total. The Morgan fingerprint density at radius 2 is 1.85 bits per heavy atom. The van der Waals surface area contributed by atoms with Gasteiger partial charge in [0.15, 0.2) is 0 Å². The molecule has 1 aromatic heterocycles. The fraction of sp³-hybridized carbons (Fsp3) is 0.769. The predicted octanol–water partition coefficient (Wildman–Crippen LogP) is 1.27. The van der Waals surface area contributed by atoms with E-state index in [4.69, 9.17) is 4.74 Å². The highest BCUT2D eigenvalue weighted by molar-refractivity contribution is 5.35. The summed E-state index contributed by atoms with van der Waals surface area (Å²) in [6.07, 6.45) is 1.56. The van der Waals surface area contributed by atoms with E-state index >= 15 is 0 Å². The molecule has 2 rings (SSSR count). The van der Waals surface area contributed by atoms with E-state index in [0.29, 0.717) is 23.8 Å². The Bertz CT molecular complexity index is 435. The number of hydrogen-bond acceptors (Lipinski definition) is 7. The monoisotopic (exact) mass is 281 g/mol. The summed E-state index contributed by atoms with van der Waals surface area (Å²) < 4.78 is 5.52. The number of rotatable bonds is 7. The molecule has 112 valence electrons. The minimum Gasteiger partial charge on any atom is -0.461 e. The van der Waals surface area contributed by atoms with Crippen molar-refractivity contribution in [3.63, 3.8) is 0 Å². The van der Waals surface area contributed by atoms with E-state index in [2.05, 4.69) is 25.6 Å². The van der Waals surface area contributed by atoms with Crippen molar-refractivity contribution in [2.75, 3.05) is 23.7 Å². The van der Waals surface area contributed by atoms with Crippen molar-refractivity contribution in [1.29, 1.82) is 0 Å². The lowest BCUT2D eigenvalue weighted by Crippen LogP contribution is -2.33. The zero-order valence-electron chi connectivity index (χ0n) is 12.3. The molecule has 0 saturated heterocycles. The van der Waals surface area contributed by atoms with Crippen LogP contribution in [0.5, 0.6) is 6.01 Å². The second-order valence-electron chi connectivity index (χ2n) is 5.33. The molecule has 0 amide bonds.